The minimum absolute atomic E-state index is 0.178. The van der Waals surface area contributed by atoms with Gasteiger partial charge in [0.05, 0.1) is 20.3 Å². The van der Waals surface area contributed by atoms with E-state index >= 15 is 0 Å². The Morgan fingerprint density at radius 3 is 2.56 bits per heavy atom. The molecule has 3 heteroatoms. The SMILES string of the molecule is COc1ccc2c(c1)CC[C@H]1[C@@H]3CCC4(OCCO4)[C@@]3(C)CC[C@]21C. The Morgan fingerprint density at radius 2 is 1.80 bits per heavy atom. The normalized spacial score (nSPS) is 41.2. The van der Waals surface area contributed by atoms with Gasteiger partial charge in [-0.3, -0.25) is 0 Å². The summed E-state index contributed by atoms with van der Waals surface area (Å²) in [6.45, 7) is 6.52. The zero-order valence-electron chi connectivity index (χ0n) is 15.8. The lowest BCUT2D eigenvalue weighted by atomic mass is 9.48. The van der Waals surface area contributed by atoms with Crippen molar-refractivity contribution in [3.63, 3.8) is 0 Å². The second kappa shape index (κ2) is 5.23. The van der Waals surface area contributed by atoms with Crippen LogP contribution in [-0.4, -0.2) is 26.1 Å². The lowest BCUT2D eigenvalue weighted by Crippen LogP contribution is -2.56. The Bertz CT molecular complexity index is 693. The zero-order chi connectivity index (χ0) is 17.3. The molecule has 4 atom stereocenters. The molecular weight excluding hydrogens is 312 g/mol. The fourth-order valence-electron chi connectivity index (χ4n) is 6.96. The summed E-state index contributed by atoms with van der Waals surface area (Å²) in [5.74, 6) is 2.15. The molecule has 3 fully saturated rings. The van der Waals surface area contributed by atoms with Gasteiger partial charge in [-0.15, -0.1) is 0 Å². The van der Waals surface area contributed by atoms with Gasteiger partial charge in [-0.1, -0.05) is 19.9 Å². The lowest BCUT2D eigenvalue weighted by molar-refractivity contribution is -0.240. The van der Waals surface area contributed by atoms with Gasteiger partial charge in [0.1, 0.15) is 5.75 Å². The molecule has 25 heavy (non-hydrogen) atoms. The molecule has 0 N–H and O–H groups in total. The summed E-state index contributed by atoms with van der Waals surface area (Å²) in [7, 11) is 1.76. The highest BCUT2D eigenvalue weighted by Gasteiger charge is 2.67. The summed E-state index contributed by atoms with van der Waals surface area (Å²) in [6, 6.07) is 6.76. The van der Waals surface area contributed by atoms with Crippen molar-refractivity contribution >= 4 is 0 Å². The van der Waals surface area contributed by atoms with E-state index in [1.54, 1.807) is 12.7 Å². The topological polar surface area (TPSA) is 27.7 Å². The summed E-state index contributed by atoms with van der Waals surface area (Å²) < 4.78 is 18.0. The molecule has 4 aliphatic rings. The highest BCUT2D eigenvalue weighted by Crippen LogP contribution is 2.67. The molecule has 1 aliphatic heterocycles. The molecule has 3 aliphatic carbocycles. The second-order valence-corrected chi connectivity index (χ2v) is 9.10. The van der Waals surface area contributed by atoms with E-state index in [9.17, 15) is 0 Å². The number of hydrogen-bond donors (Lipinski definition) is 0. The van der Waals surface area contributed by atoms with Gasteiger partial charge in [0.15, 0.2) is 5.79 Å². The van der Waals surface area contributed by atoms with Crippen LogP contribution in [0.15, 0.2) is 18.2 Å². The van der Waals surface area contributed by atoms with Crippen molar-refractivity contribution in [1.29, 1.82) is 0 Å². The second-order valence-electron chi connectivity index (χ2n) is 9.10. The minimum atomic E-state index is -0.292. The van der Waals surface area contributed by atoms with Gasteiger partial charge >= 0.3 is 0 Å². The Hall–Kier alpha value is -1.06. The first kappa shape index (κ1) is 16.1. The predicted octanol–water partition coefficient (Wildman–Crippen LogP) is 4.47. The van der Waals surface area contributed by atoms with Crippen LogP contribution in [0.3, 0.4) is 0 Å². The molecule has 1 aromatic carbocycles. The van der Waals surface area contributed by atoms with Crippen LogP contribution >= 0.6 is 0 Å². The summed E-state index contributed by atoms with van der Waals surface area (Å²) >= 11 is 0. The van der Waals surface area contributed by atoms with Gasteiger partial charge in [0.2, 0.25) is 0 Å². The van der Waals surface area contributed by atoms with Crippen molar-refractivity contribution in [2.24, 2.45) is 17.3 Å². The van der Waals surface area contributed by atoms with Crippen molar-refractivity contribution in [3.8, 4) is 5.75 Å². The number of hydrogen-bond acceptors (Lipinski definition) is 3. The van der Waals surface area contributed by atoms with Crippen LogP contribution in [0.1, 0.15) is 57.1 Å². The van der Waals surface area contributed by atoms with Gasteiger partial charge in [-0.2, -0.15) is 0 Å². The molecule has 0 radical (unpaired) electrons. The van der Waals surface area contributed by atoms with Crippen LogP contribution in [0.4, 0.5) is 0 Å². The maximum atomic E-state index is 6.25. The van der Waals surface area contributed by atoms with E-state index in [1.807, 2.05) is 0 Å². The van der Waals surface area contributed by atoms with E-state index in [1.165, 1.54) is 37.7 Å². The third kappa shape index (κ3) is 1.94. The predicted molar refractivity (Wildman–Crippen MR) is 96.9 cm³/mol. The Balaban J connectivity index is 1.54. The molecule has 0 bridgehead atoms. The maximum absolute atomic E-state index is 6.25. The summed E-state index contributed by atoms with van der Waals surface area (Å²) in [6.07, 6.45) is 7.23. The van der Waals surface area contributed by atoms with E-state index < -0.39 is 0 Å². The molecule has 0 aromatic heterocycles. The Morgan fingerprint density at radius 1 is 1.00 bits per heavy atom. The molecule has 1 aromatic rings. The average molecular weight is 342 g/mol. The Kier molecular flexibility index (Phi) is 3.38. The number of fused-ring (bicyclic) bond motifs is 6. The van der Waals surface area contributed by atoms with Gasteiger partial charge in [0.25, 0.3) is 0 Å². The average Bonchev–Trinajstić information content (AvgIpc) is 3.22. The van der Waals surface area contributed by atoms with Crippen LogP contribution in [0.2, 0.25) is 0 Å². The number of rotatable bonds is 1. The molecule has 1 heterocycles. The fourth-order valence-corrected chi connectivity index (χ4v) is 6.96. The van der Waals surface area contributed by atoms with Crippen molar-refractivity contribution in [1.82, 2.24) is 0 Å². The quantitative estimate of drug-likeness (QED) is 0.754. The largest absolute Gasteiger partial charge is 0.497 e. The van der Waals surface area contributed by atoms with Crippen LogP contribution in [0, 0.1) is 17.3 Å². The van der Waals surface area contributed by atoms with Crippen LogP contribution in [-0.2, 0) is 21.3 Å². The van der Waals surface area contributed by atoms with Crippen LogP contribution in [0.5, 0.6) is 5.75 Å². The highest BCUT2D eigenvalue weighted by molar-refractivity contribution is 5.43. The molecular formula is C22H30O3. The van der Waals surface area contributed by atoms with E-state index in [2.05, 4.69) is 32.0 Å². The molecule has 5 rings (SSSR count). The lowest BCUT2D eigenvalue weighted by Gasteiger charge is -2.57. The van der Waals surface area contributed by atoms with Crippen molar-refractivity contribution < 1.29 is 14.2 Å². The highest BCUT2D eigenvalue weighted by atomic mass is 16.7. The van der Waals surface area contributed by atoms with E-state index in [0.717, 1.165) is 31.3 Å². The molecule has 0 unspecified atom stereocenters. The molecule has 1 spiro atoms. The molecule has 136 valence electrons. The number of benzene rings is 1. The first-order valence-electron chi connectivity index (χ1n) is 9.98. The van der Waals surface area contributed by atoms with Crippen molar-refractivity contribution in [2.45, 2.75) is 63.6 Å². The first-order chi connectivity index (χ1) is 12.0. The van der Waals surface area contributed by atoms with Gasteiger partial charge in [-0.05, 0) is 72.6 Å². The van der Waals surface area contributed by atoms with Crippen molar-refractivity contribution in [2.75, 3.05) is 20.3 Å². The number of methoxy groups -OCH3 is 1. The number of ether oxygens (including phenoxy) is 3. The minimum Gasteiger partial charge on any atom is -0.497 e. The number of aryl methyl sites for hydroxylation is 1. The molecule has 0 amide bonds. The molecule has 2 saturated carbocycles. The van der Waals surface area contributed by atoms with E-state index in [4.69, 9.17) is 14.2 Å². The molecule has 1 saturated heterocycles. The van der Waals surface area contributed by atoms with Crippen molar-refractivity contribution in [3.05, 3.63) is 29.3 Å². The fraction of sp³-hybridized carbons (Fsp3) is 0.727. The van der Waals surface area contributed by atoms with Crippen LogP contribution < -0.4 is 4.74 Å². The third-order valence-electron chi connectivity index (χ3n) is 8.35. The first-order valence-corrected chi connectivity index (χ1v) is 9.98. The van der Waals surface area contributed by atoms with E-state index in [-0.39, 0.29) is 16.6 Å². The Labute approximate surface area is 151 Å². The summed E-state index contributed by atoms with van der Waals surface area (Å²) in [5.41, 5.74) is 3.54. The maximum Gasteiger partial charge on any atom is 0.174 e. The smallest absolute Gasteiger partial charge is 0.174 e. The third-order valence-corrected chi connectivity index (χ3v) is 8.35. The van der Waals surface area contributed by atoms with Crippen LogP contribution in [0.25, 0.3) is 0 Å². The summed E-state index contributed by atoms with van der Waals surface area (Å²) in [5, 5.41) is 0. The van der Waals surface area contributed by atoms with Gasteiger partial charge in [0, 0.05) is 11.8 Å². The monoisotopic (exact) mass is 342 g/mol. The zero-order valence-corrected chi connectivity index (χ0v) is 15.8. The standard InChI is InChI=1S/C22H30O3/c1-20-10-11-21(2)19(8-9-22(21)24-12-13-25-22)18(20)6-4-15-14-16(23-3)5-7-17(15)20/h5,7,14,18-19H,4,6,8-13H2,1-3H3/t18-,19-,20+,21-/m0/s1. The van der Waals surface area contributed by atoms with Gasteiger partial charge < -0.3 is 14.2 Å². The summed E-state index contributed by atoms with van der Waals surface area (Å²) in [4.78, 5) is 0. The van der Waals surface area contributed by atoms with E-state index in [0.29, 0.717) is 5.92 Å². The van der Waals surface area contributed by atoms with Gasteiger partial charge in [-0.25, -0.2) is 0 Å². The molecule has 3 nitrogen and oxygen atoms in total.